The largest absolute Gasteiger partial charge is 0.490 e. The number of aromatic nitrogens is 3. The molecule has 0 unspecified atom stereocenters. The van der Waals surface area contributed by atoms with Crippen molar-refractivity contribution in [1.82, 2.24) is 15.0 Å². The number of carbonyl (C=O) groups is 2. The van der Waals surface area contributed by atoms with Crippen LogP contribution in [-0.2, 0) is 28.3 Å². The number of carbonyl (C=O) groups excluding carboxylic acids is 1. The molecular weight excluding hydrogens is 702 g/mol. The maximum absolute atomic E-state index is 13.6. The molecule has 0 aliphatic carbocycles. The molecule has 3 aromatic rings. The van der Waals surface area contributed by atoms with E-state index in [1.54, 1.807) is 6.07 Å². The third kappa shape index (κ3) is 9.50. The summed E-state index contributed by atoms with van der Waals surface area (Å²) in [7, 11) is 1.39. The maximum Gasteiger partial charge on any atom is 0.416 e. The number of nitriles is 1. The fraction of sp³-hybridized carbons (Fsp3) is 0.471. The van der Waals surface area contributed by atoms with Crippen molar-refractivity contribution in [2.24, 2.45) is 5.41 Å². The second-order valence-corrected chi connectivity index (χ2v) is 12.6. The van der Waals surface area contributed by atoms with Crippen molar-refractivity contribution in [3.63, 3.8) is 0 Å². The lowest BCUT2D eigenvalue weighted by Gasteiger charge is -2.39. The van der Waals surface area contributed by atoms with E-state index >= 15 is 0 Å². The fourth-order valence-electron chi connectivity index (χ4n) is 5.33. The highest BCUT2D eigenvalue weighted by Gasteiger charge is 2.40. The predicted molar refractivity (Wildman–Crippen MR) is 173 cm³/mol. The van der Waals surface area contributed by atoms with Crippen molar-refractivity contribution in [3.05, 3.63) is 64.6 Å². The number of carboxylic acid groups (broad SMARTS) is 1. The first-order chi connectivity index (χ1) is 24.4. The van der Waals surface area contributed by atoms with Crippen molar-refractivity contribution >= 4 is 23.7 Å². The number of aliphatic carboxylic acids is 1. The number of alkyl halides is 6. The SMILES string of the molecule is CC[C@@H]1C[C@H](Nc2ncc(OCCCC#N)c(Cc3cc(C(F)(F)F)cc(C(F)(F)F)c3)n2)c2nc(OC)ccc2N1C(=O)OCC(C)(C)C(=O)O. The summed E-state index contributed by atoms with van der Waals surface area (Å²) in [6.45, 7) is 4.24. The van der Waals surface area contributed by atoms with Crippen LogP contribution in [0.15, 0.2) is 36.5 Å². The summed E-state index contributed by atoms with van der Waals surface area (Å²) < 4.78 is 98.2. The third-order valence-electron chi connectivity index (χ3n) is 8.19. The third-order valence-corrected chi connectivity index (χ3v) is 8.19. The molecule has 52 heavy (non-hydrogen) atoms. The van der Waals surface area contributed by atoms with Crippen LogP contribution in [0.2, 0.25) is 0 Å². The van der Waals surface area contributed by atoms with E-state index in [4.69, 9.17) is 19.5 Å². The Kier molecular flexibility index (Phi) is 12.1. The smallest absolute Gasteiger partial charge is 0.416 e. The van der Waals surface area contributed by atoms with Crippen molar-refractivity contribution in [3.8, 4) is 17.7 Å². The van der Waals surface area contributed by atoms with Gasteiger partial charge in [0.15, 0.2) is 5.75 Å². The average Bonchev–Trinajstić information content (AvgIpc) is 3.08. The summed E-state index contributed by atoms with van der Waals surface area (Å²) in [5, 5.41) is 21.5. The van der Waals surface area contributed by atoms with Crippen LogP contribution in [0.25, 0.3) is 0 Å². The van der Waals surface area contributed by atoms with Gasteiger partial charge in [-0.1, -0.05) is 6.92 Å². The van der Waals surface area contributed by atoms with E-state index in [0.717, 1.165) is 0 Å². The molecule has 0 saturated heterocycles. The Balaban J connectivity index is 1.73. The number of halogens is 6. The Morgan fingerprint density at radius 2 is 1.75 bits per heavy atom. The van der Waals surface area contributed by atoms with Crippen LogP contribution < -0.4 is 19.7 Å². The molecule has 1 aliphatic rings. The van der Waals surface area contributed by atoms with Gasteiger partial charge in [0.05, 0.1) is 65.6 Å². The van der Waals surface area contributed by atoms with Crippen LogP contribution in [0.4, 0.5) is 42.8 Å². The van der Waals surface area contributed by atoms with Gasteiger partial charge in [-0.2, -0.15) is 31.6 Å². The Labute approximate surface area is 294 Å². The molecule has 3 heterocycles. The number of anilines is 2. The molecule has 0 radical (unpaired) electrons. The van der Waals surface area contributed by atoms with Crippen LogP contribution in [0.3, 0.4) is 0 Å². The molecule has 280 valence electrons. The summed E-state index contributed by atoms with van der Waals surface area (Å²) in [5.74, 6) is -1.05. The van der Waals surface area contributed by atoms with Gasteiger partial charge in [0.25, 0.3) is 0 Å². The van der Waals surface area contributed by atoms with Crippen molar-refractivity contribution < 1.29 is 55.2 Å². The quantitative estimate of drug-likeness (QED) is 0.131. The van der Waals surface area contributed by atoms with Gasteiger partial charge in [0, 0.05) is 24.9 Å². The maximum atomic E-state index is 13.6. The number of amides is 1. The minimum atomic E-state index is -5.06. The molecule has 1 amide bonds. The van der Waals surface area contributed by atoms with E-state index in [1.807, 2.05) is 13.0 Å². The molecule has 0 spiro atoms. The van der Waals surface area contributed by atoms with Gasteiger partial charge in [-0.25, -0.2) is 19.7 Å². The summed E-state index contributed by atoms with van der Waals surface area (Å²) in [6, 6.07) is 5.09. The lowest BCUT2D eigenvalue weighted by molar-refractivity contribution is -0.149. The number of hydrogen-bond donors (Lipinski definition) is 2. The van der Waals surface area contributed by atoms with Gasteiger partial charge in [-0.15, -0.1) is 0 Å². The summed E-state index contributed by atoms with van der Waals surface area (Å²) >= 11 is 0. The molecule has 18 heteroatoms. The first-order valence-electron chi connectivity index (χ1n) is 16.0. The number of carboxylic acids is 1. The van der Waals surface area contributed by atoms with Gasteiger partial charge in [0.1, 0.15) is 6.61 Å². The number of nitrogens with one attached hydrogen (secondary N) is 1. The van der Waals surface area contributed by atoms with Gasteiger partial charge >= 0.3 is 24.4 Å². The normalized spacial score (nSPS) is 16.1. The van der Waals surface area contributed by atoms with Gasteiger partial charge in [-0.3, -0.25) is 9.69 Å². The van der Waals surface area contributed by atoms with E-state index in [2.05, 4.69) is 20.3 Å². The molecule has 2 N–H and O–H groups in total. The number of ether oxygens (including phenoxy) is 3. The first-order valence-corrected chi connectivity index (χ1v) is 16.0. The summed E-state index contributed by atoms with van der Waals surface area (Å²) in [6.07, 6.45) is -9.16. The number of nitrogens with zero attached hydrogens (tertiary/aromatic N) is 5. The van der Waals surface area contributed by atoms with Crippen molar-refractivity contribution in [2.75, 3.05) is 30.5 Å². The monoisotopic (exact) mass is 738 g/mol. The standard InChI is InChI=1S/C34H36F6N6O6/c1-5-22-16-24(28-25(8-9-27(45-28)50-4)46(22)31(49)52-18-32(2,3)29(47)48)44-30-42-17-26(51-11-7-6-10-41)23(43-30)14-19-12-20(33(35,36)37)15-21(13-19)34(38,39)40/h8-9,12-13,15,17,22,24H,5-7,11,14,16,18H2,1-4H3,(H,47,48)(H,42,43,44)/t22-,24+/m1/s1. The van der Waals surface area contributed by atoms with E-state index in [-0.39, 0.29) is 60.8 Å². The molecular formula is C34H36F6N6O6. The average molecular weight is 739 g/mol. The highest BCUT2D eigenvalue weighted by molar-refractivity contribution is 5.90. The summed E-state index contributed by atoms with van der Waals surface area (Å²) in [5.41, 5.74) is -4.09. The van der Waals surface area contributed by atoms with Crippen LogP contribution >= 0.6 is 0 Å². The van der Waals surface area contributed by atoms with E-state index in [1.165, 1.54) is 38.1 Å². The number of fused-ring (bicyclic) bond motifs is 1. The molecule has 2 aromatic heterocycles. The number of pyridine rings is 1. The Morgan fingerprint density at radius 1 is 1.08 bits per heavy atom. The van der Waals surface area contributed by atoms with E-state index < -0.39 is 66.1 Å². The number of benzene rings is 1. The van der Waals surface area contributed by atoms with Crippen molar-refractivity contribution in [2.45, 2.75) is 77.3 Å². The van der Waals surface area contributed by atoms with E-state index in [9.17, 15) is 41.0 Å². The van der Waals surface area contributed by atoms with Crippen LogP contribution in [0, 0.1) is 16.7 Å². The molecule has 1 aromatic carbocycles. The highest BCUT2D eigenvalue weighted by atomic mass is 19.4. The Hall–Kier alpha value is -5.34. The number of rotatable bonds is 13. The second kappa shape index (κ2) is 15.9. The second-order valence-electron chi connectivity index (χ2n) is 12.6. The predicted octanol–water partition coefficient (Wildman–Crippen LogP) is 7.58. The van der Waals surface area contributed by atoms with Crippen LogP contribution in [0.1, 0.15) is 80.6 Å². The zero-order chi connectivity index (χ0) is 38.4. The molecule has 4 rings (SSSR count). The Bertz CT molecular complexity index is 1780. The molecule has 0 fully saturated rings. The molecule has 0 saturated carbocycles. The van der Waals surface area contributed by atoms with E-state index in [0.29, 0.717) is 29.9 Å². The zero-order valence-electron chi connectivity index (χ0n) is 28.6. The lowest BCUT2D eigenvalue weighted by Crippen LogP contribution is -2.47. The molecule has 12 nitrogen and oxygen atoms in total. The highest BCUT2D eigenvalue weighted by Crippen LogP contribution is 2.41. The molecule has 1 aliphatic heterocycles. The summed E-state index contributed by atoms with van der Waals surface area (Å²) in [4.78, 5) is 39.6. The van der Waals surface area contributed by atoms with Crippen LogP contribution in [-0.4, -0.2) is 58.5 Å². The molecule has 0 bridgehead atoms. The Morgan fingerprint density at radius 3 is 2.33 bits per heavy atom. The number of methoxy groups -OCH3 is 1. The zero-order valence-corrected chi connectivity index (χ0v) is 28.6. The van der Waals surface area contributed by atoms with Crippen LogP contribution in [0.5, 0.6) is 11.6 Å². The first kappa shape index (κ1) is 39.4. The van der Waals surface area contributed by atoms with Gasteiger partial charge < -0.3 is 24.6 Å². The number of unbranched alkanes of at least 4 members (excludes halogenated alkanes) is 1. The number of hydrogen-bond acceptors (Lipinski definition) is 10. The minimum absolute atomic E-state index is 0.000559. The lowest BCUT2D eigenvalue weighted by atomic mass is 9.93. The fourth-order valence-corrected chi connectivity index (χ4v) is 5.33. The van der Waals surface area contributed by atoms with Gasteiger partial charge in [0.2, 0.25) is 11.8 Å². The van der Waals surface area contributed by atoms with Gasteiger partial charge in [-0.05, 0) is 62.9 Å². The molecule has 2 atom stereocenters. The minimum Gasteiger partial charge on any atom is -0.490 e. The topological polar surface area (TPSA) is 160 Å². The van der Waals surface area contributed by atoms with Crippen molar-refractivity contribution in [1.29, 1.82) is 5.26 Å².